The van der Waals surface area contributed by atoms with Gasteiger partial charge in [-0.15, -0.1) is 0 Å². The largest absolute Gasteiger partial charge is 0.358 e. The lowest BCUT2D eigenvalue weighted by Crippen LogP contribution is -2.49. The Hall–Kier alpha value is -1.95. The van der Waals surface area contributed by atoms with Crippen molar-refractivity contribution < 1.29 is 14.0 Å². The molecule has 2 amide bonds. The van der Waals surface area contributed by atoms with Crippen LogP contribution in [-0.4, -0.2) is 42.4 Å². The number of nitrogens with one attached hydrogen (secondary N) is 2. The standard InChI is InChI=1S/C17H24FN3O2/c1-11(2)20-16(22)14-9-6-10-21(14)15(17(23)19-3)12-7-4-5-8-13(12)18/h4-5,7-8,11,14-15H,6,9-10H2,1-3H3,(H,19,23)(H,20,22)/t14-,15+/m0/s1. The van der Waals surface area contributed by atoms with E-state index in [1.807, 2.05) is 13.8 Å². The number of carbonyl (C=O) groups is 2. The maximum Gasteiger partial charge on any atom is 0.241 e. The van der Waals surface area contributed by atoms with Crippen LogP contribution in [0, 0.1) is 5.82 Å². The molecule has 0 radical (unpaired) electrons. The Morgan fingerprint density at radius 2 is 2.00 bits per heavy atom. The first-order valence-electron chi connectivity index (χ1n) is 7.97. The second kappa shape index (κ2) is 7.55. The van der Waals surface area contributed by atoms with Gasteiger partial charge in [0.1, 0.15) is 11.9 Å². The number of likely N-dealkylation sites (tertiary alicyclic amines) is 1. The first-order valence-corrected chi connectivity index (χ1v) is 7.97. The number of likely N-dealkylation sites (N-methyl/N-ethyl adjacent to an activating group) is 1. The van der Waals surface area contributed by atoms with E-state index < -0.39 is 17.9 Å². The van der Waals surface area contributed by atoms with E-state index in [1.165, 1.54) is 13.1 Å². The number of hydrogen-bond acceptors (Lipinski definition) is 3. The van der Waals surface area contributed by atoms with Gasteiger partial charge in [0, 0.05) is 25.2 Å². The number of rotatable bonds is 5. The van der Waals surface area contributed by atoms with Crippen LogP contribution in [-0.2, 0) is 9.59 Å². The minimum absolute atomic E-state index is 0.0249. The fraction of sp³-hybridized carbons (Fsp3) is 0.529. The lowest BCUT2D eigenvalue weighted by atomic mass is 10.0. The van der Waals surface area contributed by atoms with Crippen molar-refractivity contribution in [3.8, 4) is 0 Å². The van der Waals surface area contributed by atoms with Gasteiger partial charge in [-0.2, -0.15) is 0 Å². The molecule has 0 bridgehead atoms. The van der Waals surface area contributed by atoms with E-state index in [1.54, 1.807) is 23.1 Å². The van der Waals surface area contributed by atoms with Gasteiger partial charge in [-0.3, -0.25) is 14.5 Å². The van der Waals surface area contributed by atoms with Gasteiger partial charge in [-0.05, 0) is 32.8 Å². The number of benzene rings is 1. The van der Waals surface area contributed by atoms with Gasteiger partial charge in [0.25, 0.3) is 0 Å². The number of hydrogen-bond donors (Lipinski definition) is 2. The Morgan fingerprint density at radius 1 is 1.30 bits per heavy atom. The monoisotopic (exact) mass is 321 g/mol. The van der Waals surface area contributed by atoms with E-state index in [4.69, 9.17) is 0 Å². The van der Waals surface area contributed by atoms with Gasteiger partial charge in [0.15, 0.2) is 0 Å². The molecule has 5 nitrogen and oxygen atoms in total. The molecule has 1 fully saturated rings. The van der Waals surface area contributed by atoms with Crippen LogP contribution in [0.3, 0.4) is 0 Å². The Bertz CT molecular complexity index is 577. The maximum absolute atomic E-state index is 14.2. The molecule has 23 heavy (non-hydrogen) atoms. The molecule has 0 unspecified atom stereocenters. The molecule has 1 saturated heterocycles. The van der Waals surface area contributed by atoms with Crippen molar-refractivity contribution in [2.75, 3.05) is 13.6 Å². The highest BCUT2D eigenvalue weighted by atomic mass is 19.1. The van der Waals surface area contributed by atoms with Gasteiger partial charge in [-0.1, -0.05) is 18.2 Å². The van der Waals surface area contributed by atoms with Gasteiger partial charge in [-0.25, -0.2) is 4.39 Å². The third-order valence-electron chi connectivity index (χ3n) is 4.05. The van der Waals surface area contributed by atoms with Gasteiger partial charge in [0.2, 0.25) is 11.8 Å². The second-order valence-electron chi connectivity index (χ2n) is 6.10. The number of halogens is 1. The number of nitrogens with zero attached hydrogens (tertiary/aromatic N) is 1. The predicted octanol–water partition coefficient (Wildman–Crippen LogP) is 1.60. The summed E-state index contributed by atoms with van der Waals surface area (Å²) in [4.78, 5) is 26.6. The van der Waals surface area contributed by atoms with Gasteiger partial charge >= 0.3 is 0 Å². The zero-order chi connectivity index (χ0) is 17.0. The van der Waals surface area contributed by atoms with Crippen LogP contribution in [0.25, 0.3) is 0 Å². The molecule has 2 atom stereocenters. The summed E-state index contributed by atoms with van der Waals surface area (Å²) >= 11 is 0. The average Bonchev–Trinajstić information content (AvgIpc) is 2.98. The zero-order valence-corrected chi connectivity index (χ0v) is 13.8. The summed E-state index contributed by atoms with van der Waals surface area (Å²) in [5, 5.41) is 5.48. The lowest BCUT2D eigenvalue weighted by molar-refractivity contribution is -0.131. The van der Waals surface area contributed by atoms with Crippen molar-refractivity contribution in [1.29, 1.82) is 0 Å². The fourth-order valence-electron chi connectivity index (χ4n) is 3.06. The zero-order valence-electron chi connectivity index (χ0n) is 13.8. The quantitative estimate of drug-likeness (QED) is 0.866. The molecule has 0 spiro atoms. The topological polar surface area (TPSA) is 61.4 Å². The summed E-state index contributed by atoms with van der Waals surface area (Å²) in [6.07, 6.45) is 1.47. The van der Waals surface area contributed by atoms with Crippen molar-refractivity contribution in [1.82, 2.24) is 15.5 Å². The van der Waals surface area contributed by atoms with E-state index >= 15 is 0 Å². The van der Waals surface area contributed by atoms with Gasteiger partial charge < -0.3 is 10.6 Å². The Balaban J connectivity index is 2.33. The average molecular weight is 321 g/mol. The third-order valence-corrected chi connectivity index (χ3v) is 4.05. The van der Waals surface area contributed by atoms with Crippen LogP contribution < -0.4 is 10.6 Å². The summed E-state index contributed by atoms with van der Waals surface area (Å²) in [5.74, 6) is -0.849. The summed E-state index contributed by atoms with van der Waals surface area (Å²) < 4.78 is 14.2. The van der Waals surface area contributed by atoms with E-state index in [0.29, 0.717) is 18.5 Å². The third kappa shape index (κ3) is 3.88. The van der Waals surface area contributed by atoms with Crippen LogP contribution in [0.4, 0.5) is 4.39 Å². The molecule has 2 rings (SSSR count). The van der Waals surface area contributed by atoms with Crippen LogP contribution in [0.15, 0.2) is 24.3 Å². The highest BCUT2D eigenvalue weighted by Crippen LogP contribution is 2.31. The van der Waals surface area contributed by atoms with Crippen molar-refractivity contribution in [3.05, 3.63) is 35.6 Å². The first kappa shape index (κ1) is 17.4. The molecular weight excluding hydrogens is 297 g/mol. The fourth-order valence-corrected chi connectivity index (χ4v) is 3.06. The summed E-state index contributed by atoms with van der Waals surface area (Å²) in [6, 6.07) is 5.04. The molecule has 1 heterocycles. The summed E-state index contributed by atoms with van der Waals surface area (Å²) in [7, 11) is 1.52. The molecule has 6 heteroatoms. The molecule has 0 aliphatic carbocycles. The molecule has 0 aromatic heterocycles. The second-order valence-corrected chi connectivity index (χ2v) is 6.10. The van der Waals surface area contributed by atoms with Gasteiger partial charge in [0.05, 0.1) is 6.04 Å². The minimum atomic E-state index is -0.799. The lowest BCUT2D eigenvalue weighted by Gasteiger charge is -2.32. The molecule has 2 N–H and O–H groups in total. The van der Waals surface area contributed by atoms with Crippen LogP contribution in [0.5, 0.6) is 0 Å². The number of carbonyl (C=O) groups excluding carboxylic acids is 2. The van der Waals surface area contributed by atoms with E-state index in [-0.39, 0.29) is 17.9 Å². The van der Waals surface area contributed by atoms with E-state index in [2.05, 4.69) is 10.6 Å². The molecule has 1 aromatic rings. The Morgan fingerprint density at radius 3 is 2.61 bits per heavy atom. The van der Waals surface area contributed by atoms with E-state index in [0.717, 1.165) is 6.42 Å². The minimum Gasteiger partial charge on any atom is -0.358 e. The maximum atomic E-state index is 14.2. The highest BCUT2D eigenvalue weighted by molar-refractivity contribution is 5.86. The molecule has 0 saturated carbocycles. The SMILES string of the molecule is CNC(=O)[C@@H](c1ccccc1F)N1CCC[C@H]1C(=O)NC(C)C. The molecule has 126 valence electrons. The molecule has 1 aliphatic heterocycles. The Labute approximate surface area is 136 Å². The Kier molecular flexibility index (Phi) is 5.71. The predicted molar refractivity (Wildman–Crippen MR) is 86.2 cm³/mol. The summed E-state index contributed by atoms with van der Waals surface area (Å²) in [6.45, 7) is 4.37. The highest BCUT2D eigenvalue weighted by Gasteiger charge is 2.40. The summed E-state index contributed by atoms with van der Waals surface area (Å²) in [5.41, 5.74) is 0.302. The molecular formula is C17H24FN3O2. The van der Waals surface area contributed by atoms with E-state index in [9.17, 15) is 14.0 Å². The first-order chi connectivity index (χ1) is 11.0. The molecule has 1 aromatic carbocycles. The van der Waals surface area contributed by atoms with Crippen molar-refractivity contribution in [2.24, 2.45) is 0 Å². The van der Waals surface area contributed by atoms with Crippen LogP contribution in [0.2, 0.25) is 0 Å². The molecule has 1 aliphatic rings. The van der Waals surface area contributed by atoms with Crippen molar-refractivity contribution in [2.45, 2.75) is 44.8 Å². The van der Waals surface area contributed by atoms with Crippen molar-refractivity contribution >= 4 is 11.8 Å². The number of amides is 2. The van der Waals surface area contributed by atoms with Crippen molar-refractivity contribution in [3.63, 3.8) is 0 Å². The van der Waals surface area contributed by atoms with Crippen LogP contribution >= 0.6 is 0 Å². The normalized spacial score (nSPS) is 19.6. The smallest absolute Gasteiger partial charge is 0.241 e. The van der Waals surface area contributed by atoms with Crippen LogP contribution in [0.1, 0.15) is 38.3 Å².